The third-order valence-corrected chi connectivity index (χ3v) is 4.96. The van der Waals surface area contributed by atoms with Gasteiger partial charge in [0, 0.05) is 23.7 Å². The van der Waals surface area contributed by atoms with Crippen LogP contribution in [0.25, 0.3) is 0 Å². The summed E-state index contributed by atoms with van der Waals surface area (Å²) in [5.41, 5.74) is 0.354. The van der Waals surface area contributed by atoms with Crippen LogP contribution in [-0.4, -0.2) is 42.2 Å². The Bertz CT molecular complexity index is 822. The Morgan fingerprint density at radius 2 is 1.82 bits per heavy atom. The van der Waals surface area contributed by atoms with Crippen LogP contribution in [0.5, 0.6) is 11.9 Å². The largest absolute Gasteiger partial charge is 0.481 e. The molecule has 0 radical (unpaired) electrons. The Labute approximate surface area is 167 Å². The van der Waals surface area contributed by atoms with Crippen molar-refractivity contribution >= 4 is 23.3 Å². The molecule has 1 aromatic heterocycles. The second-order valence-corrected chi connectivity index (χ2v) is 6.98. The lowest BCUT2D eigenvalue weighted by Crippen LogP contribution is -2.40. The molecule has 0 unspecified atom stereocenters. The molecule has 0 saturated heterocycles. The van der Waals surface area contributed by atoms with E-state index >= 15 is 0 Å². The van der Waals surface area contributed by atoms with E-state index in [2.05, 4.69) is 20.6 Å². The number of nitrogens with zero attached hydrogens (tertiary/aromatic N) is 2. The summed E-state index contributed by atoms with van der Waals surface area (Å²) in [4.78, 5) is 20.7. The number of ether oxygens (including phenoxy) is 2. The van der Waals surface area contributed by atoms with Gasteiger partial charge in [-0.25, -0.2) is 4.39 Å². The van der Waals surface area contributed by atoms with E-state index in [9.17, 15) is 9.18 Å². The van der Waals surface area contributed by atoms with Gasteiger partial charge in [-0.05, 0) is 43.9 Å². The molecule has 1 saturated carbocycles. The minimum Gasteiger partial charge on any atom is -0.481 e. The van der Waals surface area contributed by atoms with Crippen molar-refractivity contribution in [3.63, 3.8) is 0 Å². The third kappa shape index (κ3) is 5.01. The first-order chi connectivity index (χ1) is 13.5. The van der Waals surface area contributed by atoms with Crippen LogP contribution in [0, 0.1) is 5.82 Å². The summed E-state index contributed by atoms with van der Waals surface area (Å²) in [6.07, 6.45) is 3.36. The zero-order valence-electron chi connectivity index (χ0n) is 15.7. The van der Waals surface area contributed by atoms with Gasteiger partial charge in [0.05, 0.1) is 19.2 Å². The number of hydrogen-bond donors (Lipinski definition) is 2. The second-order valence-electron chi connectivity index (χ2n) is 6.58. The van der Waals surface area contributed by atoms with Gasteiger partial charge >= 0.3 is 6.01 Å². The summed E-state index contributed by atoms with van der Waals surface area (Å²) in [6, 6.07) is 6.20. The molecule has 1 amide bonds. The molecular weight excluding hydrogens is 387 g/mol. The molecule has 1 aliphatic carbocycles. The summed E-state index contributed by atoms with van der Waals surface area (Å²) in [6.45, 7) is 0. The summed E-state index contributed by atoms with van der Waals surface area (Å²) < 4.78 is 23.5. The van der Waals surface area contributed by atoms with E-state index in [1.54, 1.807) is 6.07 Å². The summed E-state index contributed by atoms with van der Waals surface area (Å²) in [5.74, 6) is 0.275. The Morgan fingerprint density at radius 3 is 2.46 bits per heavy atom. The van der Waals surface area contributed by atoms with E-state index in [0.29, 0.717) is 17.3 Å². The van der Waals surface area contributed by atoms with Gasteiger partial charge in [-0.15, -0.1) is 0 Å². The molecule has 0 aliphatic heterocycles. The van der Waals surface area contributed by atoms with Gasteiger partial charge in [0.25, 0.3) is 5.91 Å². The SMILES string of the molecule is COc1cc(NC2CCC(NC(=O)c3ccc(F)c(Cl)c3)CC2)nc(OC)n1. The van der Waals surface area contributed by atoms with Crippen LogP contribution in [-0.2, 0) is 0 Å². The Kier molecular flexibility index (Phi) is 6.51. The predicted molar refractivity (Wildman–Crippen MR) is 104 cm³/mol. The highest BCUT2D eigenvalue weighted by Gasteiger charge is 2.23. The van der Waals surface area contributed by atoms with Crippen molar-refractivity contribution in [2.75, 3.05) is 19.5 Å². The van der Waals surface area contributed by atoms with Crippen LogP contribution in [0.3, 0.4) is 0 Å². The van der Waals surface area contributed by atoms with Gasteiger partial charge < -0.3 is 20.1 Å². The molecule has 7 nitrogen and oxygen atoms in total. The topological polar surface area (TPSA) is 85.4 Å². The maximum absolute atomic E-state index is 13.2. The van der Waals surface area contributed by atoms with E-state index in [4.69, 9.17) is 21.1 Å². The van der Waals surface area contributed by atoms with Crippen molar-refractivity contribution < 1.29 is 18.7 Å². The molecule has 2 N–H and O–H groups in total. The third-order valence-electron chi connectivity index (χ3n) is 4.67. The van der Waals surface area contributed by atoms with E-state index in [0.717, 1.165) is 25.7 Å². The van der Waals surface area contributed by atoms with Crippen molar-refractivity contribution in [1.29, 1.82) is 0 Å². The number of nitrogens with one attached hydrogen (secondary N) is 2. The molecule has 9 heteroatoms. The maximum Gasteiger partial charge on any atom is 0.321 e. The molecule has 1 fully saturated rings. The summed E-state index contributed by atoms with van der Waals surface area (Å²) >= 11 is 5.75. The van der Waals surface area contributed by atoms with E-state index in [1.165, 1.54) is 32.4 Å². The van der Waals surface area contributed by atoms with Crippen molar-refractivity contribution in [3.8, 4) is 11.9 Å². The second kappa shape index (κ2) is 9.05. The molecule has 0 bridgehead atoms. The smallest absolute Gasteiger partial charge is 0.321 e. The molecule has 2 aromatic rings. The maximum atomic E-state index is 13.2. The van der Waals surface area contributed by atoms with Crippen molar-refractivity contribution in [2.45, 2.75) is 37.8 Å². The fourth-order valence-corrected chi connectivity index (χ4v) is 3.35. The van der Waals surface area contributed by atoms with Crippen LogP contribution in [0.1, 0.15) is 36.0 Å². The van der Waals surface area contributed by atoms with Gasteiger partial charge in [0.2, 0.25) is 5.88 Å². The minimum atomic E-state index is -0.539. The van der Waals surface area contributed by atoms with Crippen molar-refractivity contribution in [2.24, 2.45) is 0 Å². The number of hydrogen-bond acceptors (Lipinski definition) is 6. The number of carbonyl (C=O) groups is 1. The van der Waals surface area contributed by atoms with Gasteiger partial charge in [-0.3, -0.25) is 4.79 Å². The first kappa shape index (κ1) is 20.1. The number of amides is 1. The number of rotatable bonds is 6. The molecule has 1 heterocycles. The molecule has 150 valence electrons. The van der Waals surface area contributed by atoms with Gasteiger partial charge in [-0.1, -0.05) is 11.6 Å². The predicted octanol–water partition coefficient (Wildman–Crippen LogP) is 3.44. The number of anilines is 1. The molecule has 0 spiro atoms. The van der Waals surface area contributed by atoms with Crippen molar-refractivity contribution in [1.82, 2.24) is 15.3 Å². The van der Waals surface area contributed by atoms with Crippen LogP contribution in [0.15, 0.2) is 24.3 Å². The van der Waals surface area contributed by atoms with E-state index in [-0.39, 0.29) is 29.0 Å². The lowest BCUT2D eigenvalue weighted by atomic mass is 9.91. The molecule has 1 aliphatic rings. The number of methoxy groups -OCH3 is 2. The average molecular weight is 409 g/mol. The molecular formula is C19H22ClFN4O3. The Balaban J connectivity index is 1.53. The van der Waals surface area contributed by atoms with Crippen LogP contribution in [0.2, 0.25) is 5.02 Å². The number of aromatic nitrogens is 2. The number of halogens is 2. The summed E-state index contributed by atoms with van der Waals surface area (Å²) in [5, 5.41) is 6.30. The molecule has 28 heavy (non-hydrogen) atoms. The van der Waals surface area contributed by atoms with Gasteiger partial charge in [0.15, 0.2) is 0 Å². The first-order valence-corrected chi connectivity index (χ1v) is 9.35. The number of carbonyl (C=O) groups excluding carboxylic acids is 1. The Hall–Kier alpha value is -2.61. The van der Waals surface area contributed by atoms with Crippen LogP contribution in [0.4, 0.5) is 10.2 Å². The summed E-state index contributed by atoms with van der Waals surface area (Å²) in [7, 11) is 3.04. The zero-order valence-corrected chi connectivity index (χ0v) is 16.4. The minimum absolute atomic E-state index is 0.0590. The lowest BCUT2D eigenvalue weighted by Gasteiger charge is -2.30. The number of benzene rings is 1. The standard InChI is InChI=1S/C19H22ClFN4O3/c1-27-17-10-16(24-19(25-17)28-2)22-12-4-6-13(7-5-12)23-18(26)11-3-8-15(21)14(20)9-11/h3,8-10,12-13H,4-7H2,1-2H3,(H,23,26)(H,22,24,25). The highest BCUT2D eigenvalue weighted by atomic mass is 35.5. The molecule has 1 aromatic carbocycles. The van der Waals surface area contributed by atoms with Gasteiger partial charge in [0.1, 0.15) is 11.6 Å². The zero-order chi connectivity index (χ0) is 20.1. The fraction of sp³-hybridized carbons (Fsp3) is 0.421. The Morgan fingerprint density at radius 1 is 1.11 bits per heavy atom. The van der Waals surface area contributed by atoms with Crippen molar-refractivity contribution in [3.05, 3.63) is 40.7 Å². The molecule has 0 atom stereocenters. The van der Waals surface area contributed by atoms with Gasteiger partial charge in [-0.2, -0.15) is 9.97 Å². The highest BCUT2D eigenvalue weighted by molar-refractivity contribution is 6.31. The highest BCUT2D eigenvalue weighted by Crippen LogP contribution is 2.24. The quantitative estimate of drug-likeness (QED) is 0.761. The monoisotopic (exact) mass is 408 g/mol. The van der Waals surface area contributed by atoms with E-state index < -0.39 is 5.82 Å². The first-order valence-electron chi connectivity index (χ1n) is 8.98. The normalized spacial score (nSPS) is 19.0. The van der Waals surface area contributed by atoms with E-state index in [1.807, 2.05) is 0 Å². The fourth-order valence-electron chi connectivity index (χ4n) is 3.17. The average Bonchev–Trinajstić information content (AvgIpc) is 2.71. The van der Waals surface area contributed by atoms with Crippen LogP contribution < -0.4 is 20.1 Å². The lowest BCUT2D eigenvalue weighted by molar-refractivity contribution is 0.0926. The van der Waals surface area contributed by atoms with Crippen LogP contribution >= 0.6 is 11.6 Å². The molecule has 3 rings (SSSR count).